The third-order valence-electron chi connectivity index (χ3n) is 3.99. The van der Waals surface area contributed by atoms with Crippen LogP contribution in [0.4, 0.5) is 5.69 Å². The lowest BCUT2D eigenvalue weighted by atomic mass is 10.1. The van der Waals surface area contributed by atoms with Crippen molar-refractivity contribution >= 4 is 46.0 Å². The first-order valence-electron chi connectivity index (χ1n) is 7.34. The number of rotatable bonds is 2. The summed E-state index contributed by atoms with van der Waals surface area (Å²) in [5.74, 6) is 0.869. The maximum atomic E-state index is 12.9. The molecule has 0 amide bonds. The molecule has 0 bridgehead atoms. The monoisotopic (exact) mass is 343 g/mol. The van der Waals surface area contributed by atoms with Crippen molar-refractivity contribution in [3.63, 3.8) is 0 Å². The normalized spacial score (nSPS) is 17.8. The van der Waals surface area contributed by atoms with Crippen molar-refractivity contribution in [2.75, 3.05) is 16.6 Å². The van der Waals surface area contributed by atoms with Crippen LogP contribution in [0.3, 0.4) is 0 Å². The van der Waals surface area contributed by atoms with Gasteiger partial charge in [-0.05, 0) is 48.3 Å². The molecule has 1 aliphatic heterocycles. The SMILES string of the molecule is O=C(C1CSN(c2cccnc2)C1)n1ccc2cc(Cl)ccc21. The van der Waals surface area contributed by atoms with E-state index in [0.29, 0.717) is 11.6 Å². The zero-order chi connectivity index (χ0) is 15.8. The maximum Gasteiger partial charge on any atom is 0.236 e. The highest BCUT2D eigenvalue weighted by Crippen LogP contribution is 2.32. The summed E-state index contributed by atoms with van der Waals surface area (Å²) in [6, 6.07) is 11.5. The van der Waals surface area contributed by atoms with Gasteiger partial charge < -0.3 is 4.31 Å². The second-order valence-corrected chi connectivity index (χ2v) is 6.96. The molecule has 1 saturated heterocycles. The Morgan fingerprint density at radius 3 is 3.04 bits per heavy atom. The molecule has 0 radical (unpaired) electrons. The fraction of sp³-hybridized carbons (Fsp3) is 0.176. The molecule has 1 unspecified atom stereocenters. The zero-order valence-electron chi connectivity index (χ0n) is 12.2. The third-order valence-corrected chi connectivity index (χ3v) is 5.45. The van der Waals surface area contributed by atoms with E-state index >= 15 is 0 Å². The fourth-order valence-electron chi connectivity index (χ4n) is 2.82. The molecule has 3 heterocycles. The van der Waals surface area contributed by atoms with E-state index in [4.69, 9.17) is 11.6 Å². The summed E-state index contributed by atoms with van der Waals surface area (Å²) in [4.78, 5) is 17.0. The highest BCUT2D eigenvalue weighted by molar-refractivity contribution is 8.00. The Morgan fingerprint density at radius 2 is 2.22 bits per heavy atom. The Kier molecular flexibility index (Phi) is 3.75. The van der Waals surface area contributed by atoms with Gasteiger partial charge >= 0.3 is 0 Å². The van der Waals surface area contributed by atoms with Crippen LogP contribution in [0.1, 0.15) is 4.79 Å². The summed E-state index contributed by atoms with van der Waals surface area (Å²) in [7, 11) is 0. The number of benzene rings is 1. The molecule has 1 fully saturated rings. The Hall–Kier alpha value is -1.98. The van der Waals surface area contributed by atoms with Gasteiger partial charge in [-0.15, -0.1) is 0 Å². The van der Waals surface area contributed by atoms with Crippen LogP contribution in [-0.4, -0.2) is 27.8 Å². The van der Waals surface area contributed by atoms with Crippen LogP contribution in [0.15, 0.2) is 55.0 Å². The average molecular weight is 344 g/mol. The van der Waals surface area contributed by atoms with Crippen LogP contribution in [0.25, 0.3) is 10.9 Å². The molecule has 6 heteroatoms. The molecular formula is C17H14ClN3OS. The molecule has 4 nitrogen and oxygen atoms in total. The number of halogens is 1. The van der Waals surface area contributed by atoms with Gasteiger partial charge in [0.05, 0.1) is 23.3 Å². The number of nitrogens with zero attached hydrogens (tertiary/aromatic N) is 3. The lowest BCUT2D eigenvalue weighted by Crippen LogP contribution is -2.26. The van der Waals surface area contributed by atoms with E-state index < -0.39 is 0 Å². The molecule has 0 N–H and O–H groups in total. The number of aromatic nitrogens is 2. The summed E-state index contributed by atoms with van der Waals surface area (Å²) in [5.41, 5.74) is 1.95. The second kappa shape index (κ2) is 5.91. The lowest BCUT2D eigenvalue weighted by Gasteiger charge is -2.16. The van der Waals surface area contributed by atoms with Crippen molar-refractivity contribution in [2.45, 2.75) is 0 Å². The first-order chi connectivity index (χ1) is 11.2. The number of pyridine rings is 1. The summed E-state index contributed by atoms with van der Waals surface area (Å²) in [6.07, 6.45) is 5.41. The highest BCUT2D eigenvalue weighted by atomic mass is 35.5. The van der Waals surface area contributed by atoms with Gasteiger partial charge in [0.15, 0.2) is 0 Å². The maximum absolute atomic E-state index is 12.9. The van der Waals surface area contributed by atoms with E-state index in [1.54, 1.807) is 22.7 Å². The van der Waals surface area contributed by atoms with Crippen molar-refractivity contribution in [1.82, 2.24) is 9.55 Å². The van der Waals surface area contributed by atoms with Crippen molar-refractivity contribution in [3.8, 4) is 0 Å². The van der Waals surface area contributed by atoms with E-state index in [1.165, 1.54) is 0 Å². The summed E-state index contributed by atoms with van der Waals surface area (Å²) < 4.78 is 3.88. The van der Waals surface area contributed by atoms with Crippen molar-refractivity contribution in [1.29, 1.82) is 0 Å². The largest absolute Gasteiger partial charge is 0.314 e. The zero-order valence-corrected chi connectivity index (χ0v) is 13.8. The molecule has 1 aromatic carbocycles. The van der Waals surface area contributed by atoms with Crippen molar-refractivity contribution < 1.29 is 4.79 Å². The summed E-state index contributed by atoms with van der Waals surface area (Å²) in [5, 5.41) is 1.67. The Morgan fingerprint density at radius 1 is 1.30 bits per heavy atom. The fourth-order valence-corrected chi connectivity index (χ4v) is 4.15. The molecule has 0 saturated carbocycles. The van der Waals surface area contributed by atoms with Crippen molar-refractivity contribution in [3.05, 3.63) is 60.0 Å². The van der Waals surface area contributed by atoms with Gasteiger partial charge in [-0.3, -0.25) is 14.3 Å². The van der Waals surface area contributed by atoms with Crippen LogP contribution in [-0.2, 0) is 0 Å². The Labute approximate surface area is 143 Å². The Bertz CT molecular complexity index is 865. The molecular weight excluding hydrogens is 330 g/mol. The van der Waals surface area contributed by atoms with Gasteiger partial charge in [0.25, 0.3) is 0 Å². The van der Waals surface area contributed by atoms with Gasteiger partial charge in [0.1, 0.15) is 0 Å². The predicted octanol–water partition coefficient (Wildman–Crippen LogP) is 4.11. The highest BCUT2D eigenvalue weighted by Gasteiger charge is 2.31. The second-order valence-electron chi connectivity index (χ2n) is 5.49. The lowest BCUT2D eigenvalue weighted by molar-refractivity contribution is 0.0862. The van der Waals surface area contributed by atoms with E-state index in [2.05, 4.69) is 9.29 Å². The minimum Gasteiger partial charge on any atom is -0.314 e. The molecule has 0 aliphatic carbocycles. The molecule has 116 valence electrons. The third kappa shape index (κ3) is 2.71. The number of carbonyl (C=O) groups is 1. The number of anilines is 1. The van der Waals surface area contributed by atoms with E-state index in [0.717, 1.165) is 22.3 Å². The molecule has 2 aromatic heterocycles. The van der Waals surface area contributed by atoms with Crippen LogP contribution in [0, 0.1) is 5.92 Å². The molecule has 1 aliphatic rings. The number of hydrogen-bond acceptors (Lipinski definition) is 4. The molecule has 1 atom stereocenters. The van der Waals surface area contributed by atoms with Crippen LogP contribution in [0.2, 0.25) is 5.02 Å². The van der Waals surface area contributed by atoms with Gasteiger partial charge in [0.2, 0.25) is 5.91 Å². The number of carbonyl (C=O) groups excluding carboxylic acids is 1. The van der Waals surface area contributed by atoms with Gasteiger partial charge in [-0.2, -0.15) is 0 Å². The minimum atomic E-state index is -0.0357. The Balaban J connectivity index is 1.57. The van der Waals surface area contributed by atoms with E-state index in [-0.39, 0.29) is 11.8 Å². The molecule has 23 heavy (non-hydrogen) atoms. The number of hydrogen-bond donors (Lipinski definition) is 0. The van der Waals surface area contributed by atoms with Gasteiger partial charge in [0, 0.05) is 35.1 Å². The first kappa shape index (κ1) is 14.6. The molecule has 4 rings (SSSR count). The minimum absolute atomic E-state index is 0.0357. The average Bonchev–Trinajstić information content (AvgIpc) is 3.22. The number of fused-ring (bicyclic) bond motifs is 1. The predicted molar refractivity (Wildman–Crippen MR) is 95.1 cm³/mol. The summed E-state index contributed by atoms with van der Waals surface area (Å²) >= 11 is 7.69. The quantitative estimate of drug-likeness (QED) is 0.656. The van der Waals surface area contributed by atoms with Crippen molar-refractivity contribution in [2.24, 2.45) is 5.92 Å². The summed E-state index contributed by atoms with van der Waals surface area (Å²) in [6.45, 7) is 0.697. The topological polar surface area (TPSA) is 38.1 Å². The first-order valence-corrected chi connectivity index (χ1v) is 8.66. The van der Waals surface area contributed by atoms with Crippen LogP contribution < -0.4 is 4.31 Å². The van der Waals surface area contributed by atoms with Crippen LogP contribution >= 0.6 is 23.5 Å². The van der Waals surface area contributed by atoms with Gasteiger partial charge in [-0.25, -0.2) is 0 Å². The van der Waals surface area contributed by atoms with Gasteiger partial charge in [-0.1, -0.05) is 11.6 Å². The standard InChI is InChI=1S/C17H14ClN3OS/c18-14-3-4-16-12(8-14)5-7-20(16)17(22)13-10-21(23-11-13)15-2-1-6-19-9-15/h1-9,13H,10-11H2. The smallest absolute Gasteiger partial charge is 0.236 e. The molecule has 0 spiro atoms. The van der Waals surface area contributed by atoms with E-state index in [9.17, 15) is 4.79 Å². The molecule has 3 aromatic rings. The van der Waals surface area contributed by atoms with E-state index in [1.807, 2.05) is 48.8 Å². The van der Waals surface area contributed by atoms with Crippen LogP contribution in [0.5, 0.6) is 0 Å².